The van der Waals surface area contributed by atoms with E-state index in [4.69, 9.17) is 0 Å². The van der Waals surface area contributed by atoms with E-state index in [2.05, 4.69) is 30.7 Å². The highest BCUT2D eigenvalue weighted by Crippen LogP contribution is 2.24. The van der Waals surface area contributed by atoms with Gasteiger partial charge >= 0.3 is 0 Å². The molecule has 6 nitrogen and oxygen atoms in total. The molecule has 0 N–H and O–H groups in total. The summed E-state index contributed by atoms with van der Waals surface area (Å²) in [5.41, 5.74) is 2.33. The van der Waals surface area contributed by atoms with E-state index in [1.54, 1.807) is 6.20 Å². The van der Waals surface area contributed by atoms with Crippen molar-refractivity contribution in [2.45, 2.75) is 26.9 Å². The summed E-state index contributed by atoms with van der Waals surface area (Å²) in [6.07, 6.45) is 3.78. The van der Waals surface area contributed by atoms with E-state index in [-0.39, 0.29) is 0 Å². The van der Waals surface area contributed by atoms with Gasteiger partial charge in [0.1, 0.15) is 17.5 Å². The summed E-state index contributed by atoms with van der Waals surface area (Å²) in [4.78, 5) is 6.39. The summed E-state index contributed by atoms with van der Waals surface area (Å²) >= 11 is 0. The average Bonchev–Trinajstić information content (AvgIpc) is 2.89. The van der Waals surface area contributed by atoms with Crippen LogP contribution < -0.4 is 4.90 Å². The van der Waals surface area contributed by atoms with Crippen molar-refractivity contribution in [2.24, 2.45) is 0 Å². The molecule has 2 aromatic rings. The van der Waals surface area contributed by atoms with Gasteiger partial charge in [0.05, 0.1) is 12.2 Å². The zero-order valence-electron chi connectivity index (χ0n) is 11.0. The summed E-state index contributed by atoms with van der Waals surface area (Å²) in [6, 6.07) is 2.25. The molecule has 96 valence electrons. The van der Waals surface area contributed by atoms with E-state index < -0.39 is 0 Å². The van der Waals surface area contributed by atoms with Crippen molar-refractivity contribution >= 4 is 5.82 Å². The summed E-state index contributed by atoms with van der Waals surface area (Å²) in [5.74, 6) is 1.66. The second-order valence-electron chi connectivity index (χ2n) is 4.68. The molecule has 2 aromatic heterocycles. The molecule has 6 heteroatoms. The molecule has 0 aliphatic carbocycles. The third-order valence-corrected chi connectivity index (χ3v) is 3.59. The number of rotatable bonds is 1. The molecule has 0 bridgehead atoms. The molecule has 0 spiro atoms. The Morgan fingerprint density at radius 1 is 1.26 bits per heavy atom. The van der Waals surface area contributed by atoms with Gasteiger partial charge in [-0.3, -0.25) is 0 Å². The van der Waals surface area contributed by atoms with Crippen LogP contribution in [0.15, 0.2) is 12.4 Å². The van der Waals surface area contributed by atoms with Gasteiger partial charge in [-0.1, -0.05) is 0 Å². The lowest BCUT2D eigenvalue weighted by atomic mass is 10.1. The fourth-order valence-corrected chi connectivity index (χ4v) is 2.31. The van der Waals surface area contributed by atoms with E-state index >= 15 is 0 Å². The fourth-order valence-electron chi connectivity index (χ4n) is 2.31. The van der Waals surface area contributed by atoms with Crippen LogP contribution in [0.4, 0.5) is 5.82 Å². The summed E-state index contributed by atoms with van der Waals surface area (Å²) < 4.78 is 2.12. The highest BCUT2D eigenvalue weighted by molar-refractivity contribution is 5.57. The predicted molar refractivity (Wildman–Crippen MR) is 69.5 cm³/mol. The lowest BCUT2D eigenvalue weighted by Crippen LogP contribution is -2.35. The smallest absolute Gasteiger partial charge is 0.169 e. The first kappa shape index (κ1) is 11.7. The minimum absolute atomic E-state index is 0.618. The van der Waals surface area contributed by atoms with Gasteiger partial charge in [0.25, 0.3) is 0 Å². The van der Waals surface area contributed by atoms with Crippen LogP contribution in [-0.2, 0) is 13.1 Å². The van der Waals surface area contributed by atoms with Crippen LogP contribution in [-0.4, -0.2) is 26.3 Å². The standard InChI is InChI=1S/C13H14N6/c1-9-10(2)16-17-13(11(9)7-14)19-6-5-18-4-3-15-12(18)8-19/h3-4H,5-6,8H2,1-2H3. The molecule has 0 unspecified atom stereocenters. The quantitative estimate of drug-likeness (QED) is 0.764. The van der Waals surface area contributed by atoms with Crippen LogP contribution in [0.1, 0.15) is 22.6 Å². The monoisotopic (exact) mass is 254 g/mol. The van der Waals surface area contributed by atoms with Crippen LogP contribution in [0.25, 0.3) is 0 Å². The van der Waals surface area contributed by atoms with Gasteiger partial charge in [-0.25, -0.2) is 4.98 Å². The van der Waals surface area contributed by atoms with E-state index in [1.165, 1.54) is 0 Å². The maximum atomic E-state index is 9.34. The lowest BCUT2D eigenvalue weighted by Gasteiger charge is -2.29. The second kappa shape index (κ2) is 4.35. The van der Waals surface area contributed by atoms with Crippen LogP contribution in [0, 0.1) is 25.2 Å². The van der Waals surface area contributed by atoms with Crippen LogP contribution >= 0.6 is 0 Å². The Bertz CT molecular complexity index is 666. The number of fused-ring (bicyclic) bond motifs is 1. The third kappa shape index (κ3) is 1.83. The number of imidazole rings is 1. The number of nitrogens with zero attached hydrogens (tertiary/aromatic N) is 6. The van der Waals surface area contributed by atoms with Gasteiger partial charge in [0.2, 0.25) is 0 Å². The Morgan fingerprint density at radius 3 is 2.89 bits per heavy atom. The van der Waals surface area contributed by atoms with E-state index in [1.807, 2.05) is 20.0 Å². The molecule has 0 saturated heterocycles. The van der Waals surface area contributed by atoms with Gasteiger partial charge in [0.15, 0.2) is 5.82 Å². The molecule has 0 saturated carbocycles. The third-order valence-electron chi connectivity index (χ3n) is 3.59. The predicted octanol–water partition coefficient (Wildman–Crippen LogP) is 1.18. The molecule has 1 aliphatic heterocycles. The largest absolute Gasteiger partial charge is 0.345 e. The first-order chi connectivity index (χ1) is 9.20. The molecule has 3 heterocycles. The zero-order chi connectivity index (χ0) is 13.4. The van der Waals surface area contributed by atoms with Gasteiger partial charge in [-0.2, -0.15) is 10.4 Å². The molecule has 0 aromatic carbocycles. The van der Waals surface area contributed by atoms with Crippen molar-refractivity contribution < 1.29 is 0 Å². The van der Waals surface area contributed by atoms with Gasteiger partial charge in [0, 0.05) is 25.5 Å². The van der Waals surface area contributed by atoms with Crippen LogP contribution in [0.2, 0.25) is 0 Å². The minimum Gasteiger partial charge on any atom is -0.345 e. The van der Waals surface area contributed by atoms with Crippen molar-refractivity contribution in [3.63, 3.8) is 0 Å². The molecular weight excluding hydrogens is 240 g/mol. The van der Waals surface area contributed by atoms with Crippen molar-refractivity contribution in [3.05, 3.63) is 35.0 Å². The maximum absolute atomic E-state index is 9.34. The molecule has 1 aliphatic rings. The zero-order valence-corrected chi connectivity index (χ0v) is 11.0. The topological polar surface area (TPSA) is 70.6 Å². The number of anilines is 1. The van der Waals surface area contributed by atoms with Crippen LogP contribution in [0.5, 0.6) is 0 Å². The van der Waals surface area contributed by atoms with Crippen molar-refractivity contribution in [1.82, 2.24) is 19.7 Å². The Labute approximate surface area is 111 Å². The van der Waals surface area contributed by atoms with Gasteiger partial charge < -0.3 is 9.47 Å². The maximum Gasteiger partial charge on any atom is 0.169 e. The molecule has 0 amide bonds. The lowest BCUT2D eigenvalue weighted by molar-refractivity contribution is 0.553. The SMILES string of the molecule is Cc1nnc(N2CCn3ccnc3C2)c(C#N)c1C. The van der Waals surface area contributed by atoms with E-state index in [0.29, 0.717) is 17.9 Å². The first-order valence-electron chi connectivity index (χ1n) is 6.19. The van der Waals surface area contributed by atoms with Gasteiger partial charge in [-0.15, -0.1) is 5.10 Å². The van der Waals surface area contributed by atoms with Crippen LogP contribution in [0.3, 0.4) is 0 Å². The average molecular weight is 254 g/mol. The number of aryl methyl sites for hydroxylation is 1. The second-order valence-corrected chi connectivity index (χ2v) is 4.68. The molecule has 3 rings (SSSR count). The summed E-state index contributed by atoms with van der Waals surface area (Å²) in [6.45, 7) is 6.12. The minimum atomic E-state index is 0.618. The number of hydrogen-bond donors (Lipinski definition) is 0. The van der Waals surface area contributed by atoms with Crippen molar-refractivity contribution in [3.8, 4) is 6.07 Å². The van der Waals surface area contributed by atoms with E-state index in [9.17, 15) is 5.26 Å². The summed E-state index contributed by atoms with van der Waals surface area (Å²) in [7, 11) is 0. The molecule has 0 fully saturated rings. The van der Waals surface area contributed by atoms with Crippen molar-refractivity contribution in [2.75, 3.05) is 11.4 Å². The first-order valence-corrected chi connectivity index (χ1v) is 6.19. The number of aromatic nitrogens is 4. The fraction of sp³-hybridized carbons (Fsp3) is 0.385. The highest BCUT2D eigenvalue weighted by atomic mass is 15.3. The van der Waals surface area contributed by atoms with Crippen molar-refractivity contribution in [1.29, 1.82) is 5.26 Å². The molecule has 0 atom stereocenters. The Kier molecular flexibility index (Phi) is 2.67. The highest BCUT2D eigenvalue weighted by Gasteiger charge is 2.22. The normalized spacial score (nSPS) is 14.1. The Hall–Kier alpha value is -2.42. The molecular formula is C13H14N6. The Morgan fingerprint density at radius 2 is 2.11 bits per heavy atom. The Balaban J connectivity index is 2.01. The number of hydrogen-bond acceptors (Lipinski definition) is 5. The summed E-state index contributed by atoms with van der Waals surface area (Å²) in [5, 5.41) is 17.7. The van der Waals surface area contributed by atoms with Gasteiger partial charge in [-0.05, 0) is 19.4 Å². The number of nitriles is 1. The molecule has 19 heavy (non-hydrogen) atoms. The molecule has 0 radical (unpaired) electrons. The van der Waals surface area contributed by atoms with E-state index in [0.717, 1.165) is 30.2 Å².